The first-order valence-electron chi connectivity index (χ1n) is 6.37. The van der Waals surface area contributed by atoms with Gasteiger partial charge in [-0.3, -0.25) is 4.79 Å². The van der Waals surface area contributed by atoms with E-state index in [4.69, 9.17) is 0 Å². The number of pyridine rings is 1. The Kier molecular flexibility index (Phi) is 4.46. The molecule has 1 aromatic rings. The summed E-state index contributed by atoms with van der Waals surface area (Å²) in [6.07, 6.45) is -0.273. The molecule has 1 saturated carbocycles. The van der Waals surface area contributed by atoms with Crippen molar-refractivity contribution in [2.24, 2.45) is 5.92 Å². The summed E-state index contributed by atoms with van der Waals surface area (Å²) in [5, 5.41) is 2.70. The molecule has 0 spiro atoms. The van der Waals surface area contributed by atoms with Crippen molar-refractivity contribution in [3.05, 3.63) is 23.9 Å². The van der Waals surface area contributed by atoms with E-state index in [1.165, 1.54) is 6.20 Å². The zero-order valence-electron chi connectivity index (χ0n) is 10.7. The summed E-state index contributed by atoms with van der Waals surface area (Å²) < 4.78 is 41.0. The number of hydrogen-bond acceptors (Lipinski definition) is 3. The van der Waals surface area contributed by atoms with E-state index >= 15 is 0 Å². The maximum atomic E-state index is 12.1. The molecule has 0 unspecified atom stereocenters. The number of carbonyl (C=O) groups is 1. The average Bonchev–Trinajstić information content (AvgIpc) is 2.31. The van der Waals surface area contributed by atoms with E-state index in [-0.39, 0.29) is 24.2 Å². The summed E-state index contributed by atoms with van der Waals surface area (Å²) in [5.74, 6) is -0.133. The van der Waals surface area contributed by atoms with E-state index in [0.29, 0.717) is 5.56 Å². The van der Waals surface area contributed by atoms with Gasteiger partial charge in [0.05, 0.1) is 0 Å². The van der Waals surface area contributed by atoms with Crippen LogP contribution in [-0.2, 0) is 11.3 Å². The summed E-state index contributed by atoms with van der Waals surface area (Å²) in [6.45, 7) is -1.27. The minimum atomic E-state index is -4.41. The van der Waals surface area contributed by atoms with Gasteiger partial charge in [0, 0.05) is 24.2 Å². The van der Waals surface area contributed by atoms with Crippen LogP contribution in [0.4, 0.5) is 13.2 Å². The highest BCUT2D eigenvalue weighted by Gasteiger charge is 2.29. The van der Waals surface area contributed by atoms with Gasteiger partial charge in [0.15, 0.2) is 6.61 Å². The number of alkyl halides is 3. The maximum absolute atomic E-state index is 12.1. The standard InChI is InChI=1S/C13H15F3N2O2/c14-13(15,16)8-20-12-10(5-2-6-17-12)7-18-11(19)9-3-1-4-9/h2,5-6,9H,1,3-4,7-8H2,(H,18,19). The van der Waals surface area contributed by atoms with Gasteiger partial charge in [-0.2, -0.15) is 13.2 Å². The van der Waals surface area contributed by atoms with E-state index in [0.717, 1.165) is 19.3 Å². The highest BCUT2D eigenvalue weighted by molar-refractivity contribution is 5.79. The van der Waals surface area contributed by atoms with Crippen LogP contribution in [0.25, 0.3) is 0 Å². The van der Waals surface area contributed by atoms with Crippen molar-refractivity contribution in [3.63, 3.8) is 0 Å². The van der Waals surface area contributed by atoms with Crippen molar-refractivity contribution in [1.82, 2.24) is 10.3 Å². The van der Waals surface area contributed by atoms with Crippen molar-refractivity contribution in [2.75, 3.05) is 6.61 Å². The normalized spacial score (nSPS) is 15.6. The molecule has 0 aromatic carbocycles. The number of carbonyl (C=O) groups excluding carboxylic acids is 1. The highest BCUT2D eigenvalue weighted by Crippen LogP contribution is 2.26. The lowest BCUT2D eigenvalue weighted by molar-refractivity contribution is -0.154. The topological polar surface area (TPSA) is 51.2 Å². The van der Waals surface area contributed by atoms with Gasteiger partial charge in [0.2, 0.25) is 11.8 Å². The van der Waals surface area contributed by atoms with Crippen LogP contribution >= 0.6 is 0 Å². The molecular formula is C13H15F3N2O2. The molecular weight excluding hydrogens is 273 g/mol. The fourth-order valence-corrected chi connectivity index (χ4v) is 1.84. The SMILES string of the molecule is O=C(NCc1cccnc1OCC(F)(F)F)C1CCC1. The molecule has 1 aliphatic carbocycles. The number of aromatic nitrogens is 1. The van der Waals surface area contributed by atoms with Gasteiger partial charge in [-0.15, -0.1) is 0 Å². The van der Waals surface area contributed by atoms with Gasteiger partial charge in [-0.25, -0.2) is 4.98 Å². The van der Waals surface area contributed by atoms with Crippen molar-refractivity contribution < 1.29 is 22.7 Å². The van der Waals surface area contributed by atoms with Gasteiger partial charge < -0.3 is 10.1 Å². The smallest absolute Gasteiger partial charge is 0.422 e. The monoisotopic (exact) mass is 288 g/mol. The lowest BCUT2D eigenvalue weighted by Crippen LogP contribution is -2.34. The molecule has 1 N–H and O–H groups in total. The number of hydrogen-bond donors (Lipinski definition) is 1. The quantitative estimate of drug-likeness (QED) is 0.905. The molecule has 0 atom stereocenters. The van der Waals surface area contributed by atoms with Crippen molar-refractivity contribution in [2.45, 2.75) is 32.0 Å². The minimum absolute atomic E-state index is 0.0335. The van der Waals surface area contributed by atoms with Crippen molar-refractivity contribution in [3.8, 4) is 5.88 Å². The van der Waals surface area contributed by atoms with Crippen molar-refractivity contribution >= 4 is 5.91 Å². The predicted molar refractivity (Wildman–Crippen MR) is 65.0 cm³/mol. The second kappa shape index (κ2) is 6.11. The molecule has 1 heterocycles. The van der Waals surface area contributed by atoms with E-state index in [1.807, 2.05) is 0 Å². The fraction of sp³-hybridized carbons (Fsp3) is 0.538. The molecule has 1 amide bonds. The lowest BCUT2D eigenvalue weighted by Gasteiger charge is -2.24. The molecule has 1 fully saturated rings. The third kappa shape index (κ3) is 4.11. The first kappa shape index (κ1) is 14.6. The van der Waals surface area contributed by atoms with E-state index < -0.39 is 12.8 Å². The van der Waals surface area contributed by atoms with Gasteiger partial charge in [-0.05, 0) is 18.9 Å². The van der Waals surface area contributed by atoms with E-state index in [2.05, 4.69) is 15.0 Å². The van der Waals surface area contributed by atoms with Crippen LogP contribution in [0.5, 0.6) is 5.88 Å². The Morgan fingerprint density at radius 1 is 1.45 bits per heavy atom. The minimum Gasteiger partial charge on any atom is -0.468 e. The van der Waals surface area contributed by atoms with Crippen LogP contribution in [-0.4, -0.2) is 23.7 Å². The summed E-state index contributed by atoms with van der Waals surface area (Å²) in [4.78, 5) is 15.4. The van der Waals surface area contributed by atoms with Crippen LogP contribution in [0.3, 0.4) is 0 Å². The summed E-state index contributed by atoms with van der Waals surface area (Å²) in [7, 11) is 0. The average molecular weight is 288 g/mol. The third-order valence-electron chi connectivity index (χ3n) is 3.15. The molecule has 0 saturated heterocycles. The summed E-state index contributed by atoms with van der Waals surface area (Å²) in [6, 6.07) is 3.17. The second-order valence-electron chi connectivity index (χ2n) is 4.72. The Labute approximate surface area is 114 Å². The van der Waals surface area contributed by atoms with Gasteiger partial charge in [0.1, 0.15) is 0 Å². The molecule has 20 heavy (non-hydrogen) atoms. The predicted octanol–water partition coefficient (Wildman–Crippen LogP) is 2.44. The number of nitrogens with one attached hydrogen (secondary N) is 1. The Morgan fingerprint density at radius 2 is 2.20 bits per heavy atom. The molecule has 0 bridgehead atoms. The molecule has 2 rings (SSSR count). The zero-order valence-corrected chi connectivity index (χ0v) is 10.7. The molecule has 4 nitrogen and oxygen atoms in total. The zero-order chi connectivity index (χ0) is 14.6. The second-order valence-corrected chi connectivity index (χ2v) is 4.72. The van der Waals surface area contributed by atoms with Gasteiger partial charge in [-0.1, -0.05) is 12.5 Å². The molecule has 1 aromatic heterocycles. The maximum Gasteiger partial charge on any atom is 0.422 e. The first-order valence-corrected chi connectivity index (χ1v) is 6.37. The Morgan fingerprint density at radius 3 is 2.80 bits per heavy atom. The summed E-state index contributed by atoms with van der Waals surface area (Å²) in [5.41, 5.74) is 0.435. The Bertz CT molecular complexity index is 473. The number of ether oxygens (including phenoxy) is 1. The van der Waals surface area contributed by atoms with Crippen LogP contribution in [0.15, 0.2) is 18.3 Å². The molecule has 110 valence electrons. The molecule has 7 heteroatoms. The van der Waals surface area contributed by atoms with E-state index in [1.54, 1.807) is 12.1 Å². The van der Waals surface area contributed by atoms with Crippen LogP contribution in [0.1, 0.15) is 24.8 Å². The number of amides is 1. The molecule has 0 aliphatic heterocycles. The Hall–Kier alpha value is -1.79. The Balaban J connectivity index is 1.91. The third-order valence-corrected chi connectivity index (χ3v) is 3.15. The summed E-state index contributed by atoms with van der Waals surface area (Å²) >= 11 is 0. The number of rotatable bonds is 5. The van der Waals surface area contributed by atoms with Crippen LogP contribution in [0.2, 0.25) is 0 Å². The van der Waals surface area contributed by atoms with Crippen LogP contribution < -0.4 is 10.1 Å². The number of halogens is 3. The lowest BCUT2D eigenvalue weighted by atomic mass is 9.85. The van der Waals surface area contributed by atoms with Gasteiger partial charge >= 0.3 is 6.18 Å². The van der Waals surface area contributed by atoms with E-state index in [9.17, 15) is 18.0 Å². The van der Waals surface area contributed by atoms with Crippen LogP contribution in [0, 0.1) is 5.92 Å². The number of nitrogens with zero attached hydrogens (tertiary/aromatic N) is 1. The highest BCUT2D eigenvalue weighted by atomic mass is 19.4. The largest absolute Gasteiger partial charge is 0.468 e. The molecule has 1 aliphatic rings. The first-order chi connectivity index (χ1) is 9.46. The van der Waals surface area contributed by atoms with Crippen molar-refractivity contribution in [1.29, 1.82) is 0 Å². The van der Waals surface area contributed by atoms with Gasteiger partial charge in [0.25, 0.3) is 0 Å². The molecule has 0 radical (unpaired) electrons. The fourth-order valence-electron chi connectivity index (χ4n) is 1.84.